The number of esters is 3. The van der Waals surface area contributed by atoms with Gasteiger partial charge >= 0.3 is 23.9 Å². The van der Waals surface area contributed by atoms with Crippen LogP contribution in [0.3, 0.4) is 0 Å². The number of methoxy groups -OCH3 is 1. The Morgan fingerprint density at radius 2 is 1.55 bits per heavy atom. The summed E-state index contributed by atoms with van der Waals surface area (Å²) in [4.78, 5) is 43.3. The fourth-order valence-corrected chi connectivity index (χ4v) is 4.48. The fraction of sp³-hybridized carbons (Fsp3) is 0.409. The van der Waals surface area contributed by atoms with Crippen LogP contribution in [0.5, 0.6) is 11.8 Å². The molecule has 2 heterocycles. The Kier molecular flexibility index (Phi) is 8.10. The Hall–Kier alpha value is -3.34. The number of thioether (sulfide) groups is 1. The van der Waals surface area contributed by atoms with Crippen LogP contribution in [-0.4, -0.2) is 64.5 Å². The maximum atomic E-state index is 11.8. The highest BCUT2D eigenvalue weighted by Gasteiger charge is 2.47. The summed E-state index contributed by atoms with van der Waals surface area (Å²) >= 11 is 1.29. The van der Waals surface area contributed by atoms with Crippen LogP contribution in [0.1, 0.15) is 20.8 Å². The molecule has 0 radical (unpaired) electrons. The van der Waals surface area contributed by atoms with Crippen LogP contribution in [0.15, 0.2) is 36.7 Å². The van der Waals surface area contributed by atoms with E-state index in [1.165, 1.54) is 39.6 Å². The molecule has 1 aliphatic rings. The lowest BCUT2D eigenvalue weighted by atomic mass is 10.1. The van der Waals surface area contributed by atoms with Gasteiger partial charge < -0.3 is 23.7 Å². The predicted octanol–water partition coefficient (Wildman–Crippen LogP) is 2.40. The molecule has 1 saturated heterocycles. The lowest BCUT2D eigenvalue weighted by molar-refractivity contribution is -0.186. The molecule has 0 saturated carbocycles. The zero-order chi connectivity index (χ0) is 24.0. The molecule has 0 bridgehead atoms. The predicted molar refractivity (Wildman–Crippen MR) is 118 cm³/mol. The van der Waals surface area contributed by atoms with Crippen molar-refractivity contribution in [3.05, 3.63) is 36.7 Å². The molecule has 1 aromatic carbocycles. The third kappa shape index (κ3) is 6.58. The molecule has 1 aromatic heterocycles. The van der Waals surface area contributed by atoms with E-state index in [1.807, 2.05) is 6.07 Å². The maximum Gasteiger partial charge on any atom is 0.316 e. The largest absolute Gasteiger partial charge is 0.476 e. The second kappa shape index (κ2) is 11.0. The lowest BCUT2D eigenvalue weighted by Gasteiger charge is -2.39. The van der Waals surface area contributed by atoms with E-state index >= 15 is 0 Å². The number of hydrogen-bond acceptors (Lipinski definition) is 11. The van der Waals surface area contributed by atoms with Gasteiger partial charge in [0.2, 0.25) is 0 Å². The summed E-state index contributed by atoms with van der Waals surface area (Å²) in [6.45, 7) is 3.73. The van der Waals surface area contributed by atoms with Crippen molar-refractivity contribution >= 4 is 29.7 Å². The van der Waals surface area contributed by atoms with Crippen molar-refractivity contribution in [2.45, 2.75) is 44.5 Å². The number of aromatic nitrogens is 2. The Morgan fingerprint density at radius 1 is 0.909 bits per heavy atom. The van der Waals surface area contributed by atoms with Crippen molar-refractivity contribution < 1.29 is 38.1 Å². The van der Waals surface area contributed by atoms with E-state index in [9.17, 15) is 14.4 Å². The average molecular weight is 477 g/mol. The number of rotatable bonds is 7. The van der Waals surface area contributed by atoms with Crippen molar-refractivity contribution in [3.8, 4) is 22.9 Å². The summed E-state index contributed by atoms with van der Waals surface area (Å²) in [6, 6.07) is 7.46. The average Bonchev–Trinajstić information content (AvgIpc) is 2.77. The molecule has 11 heteroatoms. The van der Waals surface area contributed by atoms with E-state index in [0.717, 1.165) is 11.1 Å². The number of nitrogens with zero attached hydrogens (tertiary/aromatic N) is 2. The van der Waals surface area contributed by atoms with Crippen molar-refractivity contribution in [1.29, 1.82) is 0 Å². The van der Waals surface area contributed by atoms with Gasteiger partial charge in [0, 0.05) is 44.5 Å². The normalized spacial score (nSPS) is 22.1. The highest BCUT2D eigenvalue weighted by molar-refractivity contribution is 7.99. The standard InChI is InChI=1S/C22H24N2O8S/c1-12(25)29-18-11-33-21(20(31-14(3)27)19(18)30-13(2)26)32-17-7-5-6-15(8-17)16-9-23-22(28-4)24-10-16/h5-10,18-21H,11H2,1-4H3/t18-,19+,20-,21-/m1/s1. The monoisotopic (exact) mass is 476 g/mol. The van der Waals surface area contributed by atoms with Crippen molar-refractivity contribution in [3.63, 3.8) is 0 Å². The van der Waals surface area contributed by atoms with Crippen LogP contribution >= 0.6 is 11.8 Å². The van der Waals surface area contributed by atoms with E-state index in [4.69, 9.17) is 23.7 Å². The Labute approximate surface area is 194 Å². The van der Waals surface area contributed by atoms with Crippen LogP contribution in [0, 0.1) is 0 Å². The molecular formula is C22H24N2O8S. The third-order valence-corrected chi connectivity index (χ3v) is 5.75. The maximum absolute atomic E-state index is 11.8. The molecule has 0 spiro atoms. The summed E-state index contributed by atoms with van der Waals surface area (Å²) in [5, 5.41) is 0. The van der Waals surface area contributed by atoms with Crippen molar-refractivity contribution in [2.24, 2.45) is 0 Å². The first kappa shape index (κ1) is 24.3. The molecule has 3 rings (SSSR count). The van der Waals surface area contributed by atoms with Crippen LogP contribution in [0.4, 0.5) is 0 Å². The van der Waals surface area contributed by atoms with E-state index in [2.05, 4.69) is 9.97 Å². The van der Waals surface area contributed by atoms with E-state index < -0.39 is 41.7 Å². The minimum Gasteiger partial charge on any atom is -0.476 e. The van der Waals surface area contributed by atoms with Crippen LogP contribution in [0.25, 0.3) is 11.1 Å². The Bertz CT molecular complexity index is 1000. The molecule has 33 heavy (non-hydrogen) atoms. The van der Waals surface area contributed by atoms with Crippen molar-refractivity contribution in [2.75, 3.05) is 12.9 Å². The quantitative estimate of drug-likeness (QED) is 0.432. The molecule has 0 amide bonds. The highest BCUT2D eigenvalue weighted by atomic mass is 32.2. The minimum absolute atomic E-state index is 0.257. The highest BCUT2D eigenvalue weighted by Crippen LogP contribution is 2.35. The number of carbonyl (C=O) groups excluding carboxylic acids is 3. The van der Waals surface area contributed by atoms with Gasteiger partial charge in [0.1, 0.15) is 5.75 Å². The number of carbonyl (C=O) groups is 3. The van der Waals surface area contributed by atoms with Crippen LogP contribution in [-0.2, 0) is 28.6 Å². The molecule has 0 unspecified atom stereocenters. The van der Waals surface area contributed by atoms with E-state index in [-0.39, 0.29) is 11.8 Å². The fourth-order valence-electron chi connectivity index (χ4n) is 3.26. The lowest BCUT2D eigenvalue weighted by Crippen LogP contribution is -2.55. The molecule has 2 aromatic rings. The second-order valence-electron chi connectivity index (χ2n) is 7.10. The van der Waals surface area contributed by atoms with Gasteiger partial charge in [0.05, 0.1) is 7.11 Å². The minimum atomic E-state index is -1.01. The second-order valence-corrected chi connectivity index (χ2v) is 8.23. The summed E-state index contributed by atoms with van der Waals surface area (Å²) < 4.78 is 27.3. The number of ether oxygens (including phenoxy) is 5. The first-order valence-corrected chi connectivity index (χ1v) is 11.1. The Morgan fingerprint density at radius 3 is 2.15 bits per heavy atom. The Balaban J connectivity index is 1.85. The number of benzene rings is 1. The van der Waals surface area contributed by atoms with Gasteiger partial charge in [-0.15, -0.1) is 11.8 Å². The third-order valence-electron chi connectivity index (χ3n) is 4.53. The molecule has 176 valence electrons. The van der Waals surface area contributed by atoms with Crippen LogP contribution in [0.2, 0.25) is 0 Å². The first-order valence-electron chi connectivity index (χ1n) is 10.0. The van der Waals surface area contributed by atoms with Crippen molar-refractivity contribution in [1.82, 2.24) is 9.97 Å². The van der Waals surface area contributed by atoms with E-state index in [0.29, 0.717) is 5.75 Å². The van der Waals surface area contributed by atoms with Gasteiger partial charge in [0.15, 0.2) is 23.7 Å². The molecule has 0 aliphatic carbocycles. The molecule has 1 fully saturated rings. The zero-order valence-corrected chi connectivity index (χ0v) is 19.4. The summed E-state index contributed by atoms with van der Waals surface area (Å²) in [7, 11) is 1.49. The smallest absolute Gasteiger partial charge is 0.316 e. The SMILES string of the molecule is COc1ncc(-c2cccc(O[C@@H]3SC[C@@H](OC(C)=O)[C@H](OC(C)=O)[C@H]3OC(C)=O)c2)cn1. The van der Waals surface area contributed by atoms with Gasteiger partial charge in [-0.2, -0.15) is 0 Å². The van der Waals surface area contributed by atoms with Crippen LogP contribution < -0.4 is 9.47 Å². The molecule has 1 aliphatic heterocycles. The summed E-state index contributed by atoms with van der Waals surface area (Å²) in [6.07, 6.45) is 0.454. The van der Waals surface area contributed by atoms with Gasteiger partial charge in [-0.1, -0.05) is 12.1 Å². The topological polar surface area (TPSA) is 123 Å². The first-order chi connectivity index (χ1) is 15.8. The van der Waals surface area contributed by atoms with Gasteiger partial charge in [-0.05, 0) is 17.7 Å². The molecule has 0 N–H and O–H groups in total. The van der Waals surface area contributed by atoms with E-state index in [1.54, 1.807) is 30.6 Å². The molecule has 4 atom stereocenters. The summed E-state index contributed by atoms with van der Waals surface area (Å²) in [5.74, 6) is -0.939. The number of hydrogen-bond donors (Lipinski definition) is 0. The van der Waals surface area contributed by atoms with Gasteiger partial charge in [0.25, 0.3) is 0 Å². The molecular weight excluding hydrogens is 452 g/mol. The van der Waals surface area contributed by atoms with Gasteiger partial charge in [-0.25, -0.2) is 9.97 Å². The molecule has 10 nitrogen and oxygen atoms in total. The zero-order valence-electron chi connectivity index (χ0n) is 18.5. The van der Waals surface area contributed by atoms with Gasteiger partial charge in [-0.3, -0.25) is 14.4 Å². The summed E-state index contributed by atoms with van der Waals surface area (Å²) in [5.41, 5.74) is 0.837.